The highest BCUT2D eigenvalue weighted by atomic mass is 79.9. The molecule has 0 amide bonds. The molecule has 1 aliphatic rings. The fraction of sp³-hybridized carbons (Fsp3) is 0.355. The Morgan fingerprint density at radius 1 is 1.20 bits per heavy atom. The van der Waals surface area contributed by atoms with Gasteiger partial charge in [-0.15, -0.1) is 0 Å². The van der Waals surface area contributed by atoms with Gasteiger partial charge in [-0.1, -0.05) is 44.2 Å². The van der Waals surface area contributed by atoms with Crippen molar-refractivity contribution in [3.63, 3.8) is 0 Å². The molecule has 1 fully saturated rings. The molecular formula is C31H33BrFN5O3. The minimum atomic E-state index is -0.741. The van der Waals surface area contributed by atoms with Crippen LogP contribution in [0.25, 0.3) is 16.6 Å². The summed E-state index contributed by atoms with van der Waals surface area (Å²) >= 11 is 3.32. The first-order valence-electron chi connectivity index (χ1n) is 13.6. The number of carbonyl (C=O) groups excluding carboxylic acids is 1. The summed E-state index contributed by atoms with van der Waals surface area (Å²) in [6, 6.07) is 12.7. The van der Waals surface area contributed by atoms with Gasteiger partial charge in [0.1, 0.15) is 12.4 Å². The Hall–Kier alpha value is -3.63. The van der Waals surface area contributed by atoms with Crippen molar-refractivity contribution in [3.05, 3.63) is 91.8 Å². The summed E-state index contributed by atoms with van der Waals surface area (Å²) in [7, 11) is 2.04. The Morgan fingerprint density at radius 3 is 2.61 bits per heavy atom. The second kappa shape index (κ2) is 11.7. The highest BCUT2D eigenvalue weighted by Gasteiger charge is 2.30. The number of likely N-dealkylation sites (N-methyl/N-ethyl adjacent to an activating group) is 1. The number of esters is 1. The zero-order valence-electron chi connectivity index (χ0n) is 23.8. The molecule has 1 saturated heterocycles. The van der Waals surface area contributed by atoms with Crippen LogP contribution in [0.1, 0.15) is 53.9 Å². The van der Waals surface area contributed by atoms with E-state index < -0.39 is 17.5 Å². The molecule has 2 aromatic heterocycles. The SMILES string of the molecule is Cc1ccnc(C(C)C)c1-n1c(=O)nc(N2CCN(C)C[C@@H]2C)c2cc(C(=O)OCc3ccccc3)c(Br)c(F)c21. The summed E-state index contributed by atoms with van der Waals surface area (Å²) in [6.07, 6.45) is 1.68. The Labute approximate surface area is 246 Å². The molecule has 1 aliphatic heterocycles. The summed E-state index contributed by atoms with van der Waals surface area (Å²) < 4.78 is 23.4. The maximum Gasteiger partial charge on any atom is 0.354 e. The third kappa shape index (κ3) is 5.50. The first kappa shape index (κ1) is 28.9. The number of aromatic nitrogens is 3. The molecule has 0 bridgehead atoms. The van der Waals surface area contributed by atoms with Crippen molar-refractivity contribution in [2.75, 3.05) is 31.6 Å². The molecule has 0 unspecified atom stereocenters. The molecule has 5 rings (SSSR count). The largest absolute Gasteiger partial charge is 0.457 e. The highest BCUT2D eigenvalue weighted by Crippen LogP contribution is 2.36. The number of benzene rings is 2. The second-order valence-electron chi connectivity index (χ2n) is 10.9. The van der Waals surface area contributed by atoms with E-state index in [1.54, 1.807) is 18.3 Å². The smallest absolute Gasteiger partial charge is 0.354 e. The van der Waals surface area contributed by atoms with Crippen LogP contribution in [0.3, 0.4) is 0 Å². The van der Waals surface area contributed by atoms with Gasteiger partial charge in [-0.05, 0) is 66.0 Å². The van der Waals surface area contributed by atoms with Crippen molar-refractivity contribution in [2.24, 2.45) is 0 Å². The third-order valence-electron chi connectivity index (χ3n) is 7.50. The number of ether oxygens (including phenoxy) is 1. The average molecular weight is 623 g/mol. The number of piperazine rings is 1. The van der Waals surface area contributed by atoms with Crippen LogP contribution in [0.5, 0.6) is 0 Å². The van der Waals surface area contributed by atoms with Crippen molar-refractivity contribution in [2.45, 2.75) is 46.3 Å². The zero-order chi connectivity index (χ0) is 29.4. The van der Waals surface area contributed by atoms with Gasteiger partial charge in [-0.25, -0.2) is 14.0 Å². The van der Waals surface area contributed by atoms with Crippen LogP contribution in [0.4, 0.5) is 10.2 Å². The zero-order valence-corrected chi connectivity index (χ0v) is 25.4. The first-order valence-corrected chi connectivity index (χ1v) is 14.4. The number of anilines is 1. The summed E-state index contributed by atoms with van der Waals surface area (Å²) in [6.45, 7) is 9.98. The lowest BCUT2D eigenvalue weighted by molar-refractivity contribution is 0.0471. The fourth-order valence-electron chi connectivity index (χ4n) is 5.42. The van der Waals surface area contributed by atoms with Crippen molar-refractivity contribution in [3.8, 4) is 5.69 Å². The van der Waals surface area contributed by atoms with E-state index in [1.165, 1.54) is 4.57 Å². The fourth-order valence-corrected chi connectivity index (χ4v) is 5.88. The van der Waals surface area contributed by atoms with E-state index in [1.807, 2.05) is 70.0 Å². The standard InChI is InChI=1S/C31H33BrFN5O3/c1-18(2)26-27(19(3)11-12-34-26)38-28-23(29(35-31(38)40)37-14-13-36(5)16-20(37)4)15-22(24(32)25(28)33)30(39)41-17-21-9-7-6-8-10-21/h6-12,15,18,20H,13-14,16-17H2,1-5H3/t20-/m0/s1. The molecular weight excluding hydrogens is 589 g/mol. The van der Waals surface area contributed by atoms with Crippen LogP contribution in [0.15, 0.2) is 57.9 Å². The molecule has 1 atom stereocenters. The molecule has 0 aliphatic carbocycles. The van der Waals surface area contributed by atoms with E-state index in [4.69, 9.17) is 4.74 Å². The number of fused-ring (bicyclic) bond motifs is 1. The predicted octanol–water partition coefficient (Wildman–Crippen LogP) is 5.61. The van der Waals surface area contributed by atoms with Crippen LogP contribution in [0, 0.1) is 12.7 Å². The number of hydrogen-bond acceptors (Lipinski definition) is 7. The maximum absolute atomic E-state index is 16.6. The lowest BCUT2D eigenvalue weighted by Gasteiger charge is -2.39. The Morgan fingerprint density at radius 2 is 1.93 bits per heavy atom. The Bertz CT molecular complexity index is 1670. The lowest BCUT2D eigenvalue weighted by Crippen LogP contribution is -2.51. The summed E-state index contributed by atoms with van der Waals surface area (Å²) in [5.41, 5.74) is 2.17. The van der Waals surface area contributed by atoms with E-state index in [0.717, 1.165) is 24.2 Å². The lowest BCUT2D eigenvalue weighted by atomic mass is 10.0. The van der Waals surface area contributed by atoms with Gasteiger partial charge in [-0.3, -0.25) is 9.55 Å². The van der Waals surface area contributed by atoms with E-state index in [0.29, 0.717) is 29.1 Å². The Balaban J connectivity index is 1.76. The molecule has 8 nitrogen and oxygen atoms in total. The van der Waals surface area contributed by atoms with Crippen molar-refractivity contribution < 1.29 is 13.9 Å². The molecule has 0 radical (unpaired) electrons. The molecule has 3 heterocycles. The number of halogens is 2. The normalized spacial score (nSPS) is 16.0. The quantitative estimate of drug-likeness (QED) is 0.259. The molecule has 0 N–H and O–H groups in total. The second-order valence-corrected chi connectivity index (χ2v) is 11.7. The van der Waals surface area contributed by atoms with E-state index in [9.17, 15) is 9.59 Å². The van der Waals surface area contributed by atoms with Gasteiger partial charge in [-0.2, -0.15) is 4.98 Å². The van der Waals surface area contributed by atoms with Crippen molar-refractivity contribution in [1.29, 1.82) is 0 Å². The number of rotatable bonds is 6. The van der Waals surface area contributed by atoms with E-state index in [-0.39, 0.29) is 34.1 Å². The number of aryl methyl sites for hydroxylation is 1. The van der Waals surface area contributed by atoms with E-state index in [2.05, 4.69) is 30.8 Å². The van der Waals surface area contributed by atoms with Gasteiger partial charge in [0.15, 0.2) is 5.82 Å². The predicted molar refractivity (Wildman–Crippen MR) is 161 cm³/mol. The first-order chi connectivity index (χ1) is 19.6. The van der Waals surface area contributed by atoms with Gasteiger partial charge >= 0.3 is 11.7 Å². The minimum absolute atomic E-state index is 0.00578. The van der Waals surface area contributed by atoms with Crippen LogP contribution in [-0.4, -0.2) is 58.1 Å². The molecule has 2 aromatic carbocycles. The molecule has 10 heteroatoms. The summed E-state index contributed by atoms with van der Waals surface area (Å²) in [5.74, 6) is -1.12. The van der Waals surface area contributed by atoms with Crippen molar-refractivity contribution in [1.82, 2.24) is 19.4 Å². The average Bonchev–Trinajstić information content (AvgIpc) is 2.94. The monoisotopic (exact) mass is 621 g/mol. The third-order valence-corrected chi connectivity index (χ3v) is 8.27. The van der Waals surface area contributed by atoms with Crippen LogP contribution >= 0.6 is 15.9 Å². The molecule has 4 aromatic rings. The topological polar surface area (TPSA) is 80.6 Å². The van der Waals surface area contributed by atoms with Crippen LogP contribution in [-0.2, 0) is 11.3 Å². The highest BCUT2D eigenvalue weighted by molar-refractivity contribution is 9.10. The van der Waals surface area contributed by atoms with Gasteiger partial charge in [0.2, 0.25) is 0 Å². The van der Waals surface area contributed by atoms with E-state index >= 15 is 4.39 Å². The van der Waals surface area contributed by atoms with Gasteiger partial charge in [0.25, 0.3) is 0 Å². The molecule has 0 spiro atoms. The summed E-state index contributed by atoms with van der Waals surface area (Å²) in [5, 5.41) is 0.353. The maximum atomic E-state index is 16.6. The number of nitrogens with zero attached hydrogens (tertiary/aromatic N) is 5. The van der Waals surface area contributed by atoms with Crippen LogP contribution < -0.4 is 10.6 Å². The molecule has 41 heavy (non-hydrogen) atoms. The van der Waals surface area contributed by atoms with Crippen LogP contribution in [0.2, 0.25) is 0 Å². The number of hydrogen-bond donors (Lipinski definition) is 0. The minimum Gasteiger partial charge on any atom is -0.457 e. The number of carbonyl (C=O) groups is 1. The summed E-state index contributed by atoms with van der Waals surface area (Å²) in [4.78, 5) is 40.4. The van der Waals surface area contributed by atoms with Crippen molar-refractivity contribution >= 4 is 38.6 Å². The van der Waals surface area contributed by atoms with Gasteiger partial charge < -0.3 is 14.5 Å². The molecule has 214 valence electrons. The van der Waals surface area contributed by atoms with Gasteiger partial charge in [0.05, 0.1) is 26.9 Å². The number of pyridine rings is 1. The Kier molecular flexibility index (Phi) is 8.24. The molecule has 0 saturated carbocycles. The van der Waals surface area contributed by atoms with Gasteiger partial charge in [0, 0.05) is 37.3 Å².